The zero-order valence-electron chi connectivity index (χ0n) is 13.2. The maximum Gasteiger partial charge on any atom is 0.191 e. The van der Waals surface area contributed by atoms with E-state index in [2.05, 4.69) is 34.4 Å². The molecule has 0 aromatic carbocycles. The topological polar surface area (TPSA) is 48.9 Å². The van der Waals surface area contributed by atoms with Crippen LogP contribution in [0.5, 0.6) is 0 Å². The molecule has 1 fully saturated rings. The first-order chi connectivity index (χ1) is 9.30. The van der Waals surface area contributed by atoms with Gasteiger partial charge in [-0.2, -0.15) is 0 Å². The molecule has 5 nitrogen and oxygen atoms in total. The van der Waals surface area contributed by atoms with Crippen molar-refractivity contribution in [3.63, 3.8) is 0 Å². The average molecular weight is 398 g/mol. The zero-order valence-corrected chi connectivity index (χ0v) is 15.5. The van der Waals surface area contributed by atoms with Crippen molar-refractivity contribution in [3.8, 4) is 0 Å². The van der Waals surface area contributed by atoms with E-state index in [9.17, 15) is 0 Å². The summed E-state index contributed by atoms with van der Waals surface area (Å²) in [5, 5.41) is 6.78. The molecule has 1 saturated heterocycles. The fourth-order valence-electron chi connectivity index (χ4n) is 2.20. The summed E-state index contributed by atoms with van der Waals surface area (Å²) in [7, 11) is 1.83. The Morgan fingerprint density at radius 1 is 1.20 bits per heavy atom. The third-order valence-electron chi connectivity index (χ3n) is 3.76. The van der Waals surface area contributed by atoms with Crippen LogP contribution in [-0.2, 0) is 4.74 Å². The minimum Gasteiger partial charge on any atom is -0.379 e. The Balaban J connectivity index is 0.00000361. The van der Waals surface area contributed by atoms with Gasteiger partial charge in [0, 0.05) is 39.8 Å². The summed E-state index contributed by atoms with van der Waals surface area (Å²) in [5.74, 6) is 1.65. The van der Waals surface area contributed by atoms with E-state index in [1.165, 1.54) is 12.8 Å². The van der Waals surface area contributed by atoms with Crippen LogP contribution in [0.2, 0.25) is 0 Å². The Bertz CT molecular complexity index is 254. The molecule has 120 valence electrons. The summed E-state index contributed by atoms with van der Waals surface area (Å²) in [6, 6.07) is 0. The van der Waals surface area contributed by atoms with Crippen LogP contribution in [0, 0.1) is 5.92 Å². The number of halogens is 1. The second kappa shape index (κ2) is 12.6. The SMILES string of the molecule is CCC(CC)CNC(=NC)NCCN1CCOCC1.I. The van der Waals surface area contributed by atoms with Crippen LogP contribution in [0.4, 0.5) is 0 Å². The number of nitrogens with one attached hydrogen (secondary N) is 2. The molecule has 0 aromatic heterocycles. The molecule has 1 aliphatic heterocycles. The van der Waals surface area contributed by atoms with E-state index in [0.717, 1.165) is 57.8 Å². The molecule has 0 saturated carbocycles. The van der Waals surface area contributed by atoms with Crippen LogP contribution < -0.4 is 10.6 Å². The Morgan fingerprint density at radius 2 is 1.85 bits per heavy atom. The predicted molar refractivity (Wildman–Crippen MR) is 96.1 cm³/mol. The molecule has 1 rings (SSSR count). The van der Waals surface area contributed by atoms with E-state index in [1.54, 1.807) is 0 Å². The van der Waals surface area contributed by atoms with Gasteiger partial charge in [0.25, 0.3) is 0 Å². The molecule has 0 aromatic rings. The molecular weight excluding hydrogens is 367 g/mol. The normalized spacial score (nSPS) is 16.9. The van der Waals surface area contributed by atoms with E-state index in [1.807, 2.05) is 7.05 Å². The molecule has 20 heavy (non-hydrogen) atoms. The average Bonchev–Trinajstić information content (AvgIpc) is 2.47. The van der Waals surface area contributed by atoms with Crippen molar-refractivity contribution < 1.29 is 4.74 Å². The number of aliphatic imine (C=N–C) groups is 1. The smallest absolute Gasteiger partial charge is 0.191 e. The van der Waals surface area contributed by atoms with Gasteiger partial charge in [-0.3, -0.25) is 9.89 Å². The Morgan fingerprint density at radius 3 is 2.40 bits per heavy atom. The lowest BCUT2D eigenvalue weighted by Crippen LogP contribution is -2.45. The quantitative estimate of drug-likeness (QED) is 0.388. The van der Waals surface area contributed by atoms with Gasteiger partial charge in [-0.1, -0.05) is 26.7 Å². The van der Waals surface area contributed by atoms with Gasteiger partial charge < -0.3 is 15.4 Å². The lowest BCUT2D eigenvalue weighted by atomic mass is 10.0. The molecule has 0 unspecified atom stereocenters. The van der Waals surface area contributed by atoms with Crippen molar-refractivity contribution >= 4 is 29.9 Å². The van der Waals surface area contributed by atoms with Gasteiger partial charge in [-0.15, -0.1) is 24.0 Å². The van der Waals surface area contributed by atoms with Crippen LogP contribution in [0.3, 0.4) is 0 Å². The second-order valence-electron chi connectivity index (χ2n) is 5.02. The number of rotatable bonds is 7. The largest absolute Gasteiger partial charge is 0.379 e. The van der Waals surface area contributed by atoms with Gasteiger partial charge in [0.05, 0.1) is 13.2 Å². The third-order valence-corrected chi connectivity index (χ3v) is 3.76. The van der Waals surface area contributed by atoms with Crippen LogP contribution in [0.25, 0.3) is 0 Å². The van der Waals surface area contributed by atoms with Gasteiger partial charge in [0.1, 0.15) is 0 Å². The fourth-order valence-corrected chi connectivity index (χ4v) is 2.20. The van der Waals surface area contributed by atoms with Crippen molar-refractivity contribution in [2.24, 2.45) is 10.9 Å². The highest BCUT2D eigenvalue weighted by atomic mass is 127. The molecule has 2 N–H and O–H groups in total. The lowest BCUT2D eigenvalue weighted by Gasteiger charge is -2.26. The number of nitrogens with zero attached hydrogens (tertiary/aromatic N) is 2. The minimum absolute atomic E-state index is 0. The summed E-state index contributed by atoms with van der Waals surface area (Å²) < 4.78 is 5.34. The van der Waals surface area contributed by atoms with Crippen LogP contribution in [0.15, 0.2) is 4.99 Å². The third kappa shape index (κ3) is 8.26. The first-order valence-electron chi connectivity index (χ1n) is 7.54. The maximum absolute atomic E-state index is 5.34. The monoisotopic (exact) mass is 398 g/mol. The van der Waals surface area contributed by atoms with Crippen molar-refractivity contribution in [2.45, 2.75) is 26.7 Å². The molecule has 0 radical (unpaired) electrons. The van der Waals surface area contributed by atoms with Gasteiger partial charge in [0.15, 0.2) is 5.96 Å². The summed E-state index contributed by atoms with van der Waals surface area (Å²) >= 11 is 0. The Hall–Kier alpha value is -0.0800. The van der Waals surface area contributed by atoms with Crippen molar-refractivity contribution in [2.75, 3.05) is 53.0 Å². The van der Waals surface area contributed by atoms with E-state index in [-0.39, 0.29) is 24.0 Å². The number of morpholine rings is 1. The van der Waals surface area contributed by atoms with Crippen LogP contribution in [-0.4, -0.2) is 63.8 Å². The molecular formula is C14H31IN4O. The van der Waals surface area contributed by atoms with E-state index < -0.39 is 0 Å². The molecule has 0 aliphatic carbocycles. The van der Waals surface area contributed by atoms with Crippen LogP contribution >= 0.6 is 24.0 Å². The molecule has 1 heterocycles. The Kier molecular flexibility index (Phi) is 12.6. The van der Waals surface area contributed by atoms with Crippen molar-refractivity contribution in [1.29, 1.82) is 0 Å². The molecule has 0 atom stereocenters. The van der Waals surface area contributed by atoms with Crippen molar-refractivity contribution in [3.05, 3.63) is 0 Å². The van der Waals surface area contributed by atoms with Gasteiger partial charge in [-0.05, 0) is 5.92 Å². The predicted octanol–water partition coefficient (Wildman–Crippen LogP) is 1.54. The summed E-state index contributed by atoms with van der Waals surface area (Å²) in [6.45, 7) is 11.3. The van der Waals surface area contributed by atoms with Gasteiger partial charge in [0.2, 0.25) is 0 Å². The minimum atomic E-state index is 0. The highest BCUT2D eigenvalue weighted by molar-refractivity contribution is 14.0. The first kappa shape index (κ1) is 19.9. The standard InChI is InChI=1S/C14H30N4O.HI/c1-4-13(5-2)12-17-14(15-3)16-6-7-18-8-10-19-11-9-18;/h13H,4-12H2,1-3H3,(H2,15,16,17);1H. The summed E-state index contributed by atoms with van der Waals surface area (Å²) in [4.78, 5) is 6.68. The molecule has 0 bridgehead atoms. The number of guanidine groups is 1. The van der Waals surface area contributed by atoms with Crippen LogP contribution in [0.1, 0.15) is 26.7 Å². The van der Waals surface area contributed by atoms with Gasteiger partial charge in [-0.25, -0.2) is 0 Å². The highest BCUT2D eigenvalue weighted by Crippen LogP contribution is 2.04. The molecule has 0 spiro atoms. The lowest BCUT2D eigenvalue weighted by molar-refractivity contribution is 0.0389. The van der Waals surface area contributed by atoms with Crippen molar-refractivity contribution in [1.82, 2.24) is 15.5 Å². The zero-order chi connectivity index (χ0) is 13.9. The van der Waals surface area contributed by atoms with E-state index in [4.69, 9.17) is 4.74 Å². The first-order valence-corrected chi connectivity index (χ1v) is 7.54. The maximum atomic E-state index is 5.34. The summed E-state index contributed by atoms with van der Waals surface area (Å²) in [5.41, 5.74) is 0. The molecule has 6 heteroatoms. The number of ether oxygens (including phenoxy) is 1. The van der Waals surface area contributed by atoms with Gasteiger partial charge >= 0.3 is 0 Å². The Labute approximate surface area is 140 Å². The van der Waals surface area contributed by atoms with E-state index >= 15 is 0 Å². The fraction of sp³-hybridized carbons (Fsp3) is 0.929. The number of hydrogen-bond acceptors (Lipinski definition) is 3. The summed E-state index contributed by atoms with van der Waals surface area (Å²) in [6.07, 6.45) is 2.43. The highest BCUT2D eigenvalue weighted by Gasteiger charge is 2.10. The second-order valence-corrected chi connectivity index (χ2v) is 5.02. The molecule has 1 aliphatic rings. The number of hydrogen-bond donors (Lipinski definition) is 2. The molecule has 0 amide bonds. The van der Waals surface area contributed by atoms with E-state index in [0.29, 0.717) is 0 Å².